The Labute approximate surface area is 75.8 Å². The van der Waals surface area contributed by atoms with E-state index in [0.717, 1.165) is 17.1 Å². The topological polar surface area (TPSA) is 67.6 Å². The Morgan fingerprint density at radius 3 is 2.85 bits per heavy atom. The molecule has 0 fully saturated rings. The molecule has 2 aromatic rings. The zero-order valence-electron chi connectivity index (χ0n) is 7.07. The highest BCUT2D eigenvalue weighted by molar-refractivity contribution is 5.47. The Bertz CT molecular complexity index is 380. The minimum absolute atomic E-state index is 0.677. The Hall–Kier alpha value is -1.84. The fourth-order valence-corrected chi connectivity index (χ4v) is 1.19. The summed E-state index contributed by atoms with van der Waals surface area (Å²) in [4.78, 5) is 4.03. The van der Waals surface area contributed by atoms with Crippen LogP contribution < -0.4 is 5.73 Å². The Morgan fingerprint density at radius 1 is 1.31 bits per heavy atom. The van der Waals surface area contributed by atoms with Gasteiger partial charge in [0.2, 0.25) is 0 Å². The molecule has 66 valence electrons. The molecule has 1 heterocycles. The molecule has 1 aromatic heterocycles. The summed E-state index contributed by atoms with van der Waals surface area (Å²) in [7, 11) is 0. The second-order valence-electron chi connectivity index (χ2n) is 2.79. The van der Waals surface area contributed by atoms with E-state index in [1.807, 2.05) is 24.3 Å². The summed E-state index contributed by atoms with van der Waals surface area (Å²) in [5.41, 5.74) is 7.61. The van der Waals surface area contributed by atoms with Gasteiger partial charge in [0.15, 0.2) is 5.82 Å². The van der Waals surface area contributed by atoms with E-state index in [9.17, 15) is 0 Å². The number of nitrogens with zero attached hydrogens (tertiary/aromatic N) is 2. The van der Waals surface area contributed by atoms with Crippen LogP contribution in [0.5, 0.6) is 0 Å². The number of H-pyrrole nitrogens is 1. The molecule has 0 aliphatic carbocycles. The molecule has 0 saturated carbocycles. The minimum Gasteiger partial charge on any atom is -0.398 e. The quantitative estimate of drug-likeness (QED) is 0.667. The fourth-order valence-electron chi connectivity index (χ4n) is 1.19. The van der Waals surface area contributed by atoms with Crippen molar-refractivity contribution in [3.8, 4) is 0 Å². The molecule has 0 saturated heterocycles. The standard InChI is InChI=1S/C9H10N4/c10-8-4-2-1-3-7(8)5-9-11-6-12-13-9/h1-4,6H,5,10H2,(H,11,12,13). The molecule has 0 unspecified atom stereocenters. The van der Waals surface area contributed by atoms with Crippen molar-refractivity contribution in [2.45, 2.75) is 6.42 Å². The molecular formula is C9H10N4. The Kier molecular flexibility index (Phi) is 1.96. The van der Waals surface area contributed by atoms with Crippen LogP contribution in [-0.2, 0) is 6.42 Å². The van der Waals surface area contributed by atoms with Gasteiger partial charge in [-0.05, 0) is 11.6 Å². The first-order chi connectivity index (χ1) is 6.36. The summed E-state index contributed by atoms with van der Waals surface area (Å²) in [6, 6.07) is 7.73. The molecule has 0 spiro atoms. The zero-order valence-corrected chi connectivity index (χ0v) is 7.07. The lowest BCUT2D eigenvalue weighted by atomic mass is 10.1. The van der Waals surface area contributed by atoms with E-state index in [-0.39, 0.29) is 0 Å². The van der Waals surface area contributed by atoms with E-state index in [4.69, 9.17) is 5.73 Å². The molecule has 0 amide bonds. The van der Waals surface area contributed by atoms with Crippen molar-refractivity contribution in [1.82, 2.24) is 15.2 Å². The fraction of sp³-hybridized carbons (Fsp3) is 0.111. The number of nitrogen functional groups attached to an aromatic ring is 1. The number of aromatic nitrogens is 3. The smallest absolute Gasteiger partial charge is 0.154 e. The van der Waals surface area contributed by atoms with Crippen molar-refractivity contribution in [2.24, 2.45) is 0 Å². The largest absolute Gasteiger partial charge is 0.398 e. The molecule has 1 aromatic carbocycles. The first kappa shape index (κ1) is 7.79. The van der Waals surface area contributed by atoms with E-state index in [1.165, 1.54) is 0 Å². The molecule has 0 atom stereocenters. The first-order valence-electron chi connectivity index (χ1n) is 4.04. The van der Waals surface area contributed by atoms with Crippen LogP contribution in [0.2, 0.25) is 0 Å². The van der Waals surface area contributed by atoms with Gasteiger partial charge in [-0.15, -0.1) is 0 Å². The van der Waals surface area contributed by atoms with Crippen LogP contribution in [-0.4, -0.2) is 15.2 Å². The molecular weight excluding hydrogens is 164 g/mol. The number of anilines is 1. The molecule has 0 aliphatic rings. The van der Waals surface area contributed by atoms with E-state index in [0.29, 0.717) is 6.42 Å². The third-order valence-corrected chi connectivity index (χ3v) is 1.87. The van der Waals surface area contributed by atoms with Gasteiger partial charge in [0.1, 0.15) is 6.33 Å². The second-order valence-corrected chi connectivity index (χ2v) is 2.79. The van der Waals surface area contributed by atoms with Crippen molar-refractivity contribution in [2.75, 3.05) is 5.73 Å². The number of para-hydroxylation sites is 1. The van der Waals surface area contributed by atoms with Gasteiger partial charge in [-0.1, -0.05) is 18.2 Å². The highest BCUT2D eigenvalue weighted by atomic mass is 15.2. The maximum atomic E-state index is 5.77. The van der Waals surface area contributed by atoms with Crippen LogP contribution in [0.1, 0.15) is 11.4 Å². The first-order valence-corrected chi connectivity index (χ1v) is 4.04. The van der Waals surface area contributed by atoms with E-state index < -0.39 is 0 Å². The van der Waals surface area contributed by atoms with Crippen LogP contribution in [0.3, 0.4) is 0 Å². The number of rotatable bonds is 2. The van der Waals surface area contributed by atoms with Crippen molar-refractivity contribution in [1.29, 1.82) is 0 Å². The van der Waals surface area contributed by atoms with Crippen molar-refractivity contribution in [3.05, 3.63) is 42.0 Å². The van der Waals surface area contributed by atoms with Gasteiger partial charge in [-0.2, -0.15) is 5.10 Å². The highest BCUT2D eigenvalue weighted by Gasteiger charge is 2.01. The van der Waals surface area contributed by atoms with Crippen LogP contribution in [0.4, 0.5) is 5.69 Å². The molecule has 4 heteroatoms. The molecule has 3 N–H and O–H groups in total. The number of hydrogen-bond donors (Lipinski definition) is 2. The van der Waals surface area contributed by atoms with Crippen LogP contribution in [0, 0.1) is 0 Å². The number of aromatic amines is 1. The average Bonchev–Trinajstić information content (AvgIpc) is 2.61. The van der Waals surface area contributed by atoms with E-state index >= 15 is 0 Å². The van der Waals surface area contributed by atoms with Gasteiger partial charge in [0, 0.05) is 12.1 Å². The third kappa shape index (κ3) is 1.66. The zero-order chi connectivity index (χ0) is 9.10. The summed E-state index contributed by atoms with van der Waals surface area (Å²) in [6.45, 7) is 0. The average molecular weight is 174 g/mol. The van der Waals surface area contributed by atoms with E-state index in [2.05, 4.69) is 15.2 Å². The van der Waals surface area contributed by atoms with Gasteiger partial charge < -0.3 is 5.73 Å². The van der Waals surface area contributed by atoms with Gasteiger partial charge in [-0.3, -0.25) is 5.10 Å². The molecule has 0 radical (unpaired) electrons. The monoisotopic (exact) mass is 174 g/mol. The lowest BCUT2D eigenvalue weighted by Crippen LogP contribution is -1.96. The normalized spacial score (nSPS) is 10.2. The third-order valence-electron chi connectivity index (χ3n) is 1.87. The lowest BCUT2D eigenvalue weighted by Gasteiger charge is -2.00. The molecule has 4 nitrogen and oxygen atoms in total. The van der Waals surface area contributed by atoms with Crippen molar-refractivity contribution < 1.29 is 0 Å². The predicted octanol–water partition coefficient (Wildman–Crippen LogP) is 0.978. The van der Waals surface area contributed by atoms with Crippen molar-refractivity contribution in [3.63, 3.8) is 0 Å². The van der Waals surface area contributed by atoms with Crippen LogP contribution >= 0.6 is 0 Å². The van der Waals surface area contributed by atoms with Gasteiger partial charge >= 0.3 is 0 Å². The second kappa shape index (κ2) is 3.26. The number of hydrogen-bond acceptors (Lipinski definition) is 3. The molecule has 2 rings (SSSR count). The molecule has 0 bridgehead atoms. The van der Waals surface area contributed by atoms with Gasteiger partial charge in [-0.25, -0.2) is 4.98 Å². The van der Waals surface area contributed by atoms with E-state index in [1.54, 1.807) is 6.33 Å². The van der Waals surface area contributed by atoms with Gasteiger partial charge in [0.05, 0.1) is 0 Å². The van der Waals surface area contributed by atoms with Crippen molar-refractivity contribution >= 4 is 5.69 Å². The summed E-state index contributed by atoms with van der Waals surface area (Å²) in [5, 5.41) is 6.63. The number of benzene rings is 1. The van der Waals surface area contributed by atoms with Crippen LogP contribution in [0.25, 0.3) is 0 Å². The molecule has 13 heavy (non-hydrogen) atoms. The summed E-state index contributed by atoms with van der Waals surface area (Å²) < 4.78 is 0. The maximum Gasteiger partial charge on any atom is 0.154 e. The van der Waals surface area contributed by atoms with Gasteiger partial charge in [0.25, 0.3) is 0 Å². The van der Waals surface area contributed by atoms with Crippen LogP contribution in [0.15, 0.2) is 30.6 Å². The number of nitrogens with one attached hydrogen (secondary N) is 1. The molecule has 0 aliphatic heterocycles. The summed E-state index contributed by atoms with van der Waals surface area (Å²) >= 11 is 0. The Morgan fingerprint density at radius 2 is 2.15 bits per heavy atom. The Balaban J connectivity index is 2.24. The summed E-state index contributed by atoms with van der Waals surface area (Å²) in [5.74, 6) is 0.762. The summed E-state index contributed by atoms with van der Waals surface area (Å²) in [6.07, 6.45) is 2.24. The minimum atomic E-state index is 0.677. The SMILES string of the molecule is Nc1ccccc1Cc1nc[nH]n1. The maximum absolute atomic E-state index is 5.77. The highest BCUT2D eigenvalue weighted by Crippen LogP contribution is 2.12. The lowest BCUT2D eigenvalue weighted by molar-refractivity contribution is 0.974. The number of nitrogens with two attached hydrogens (primary N) is 1. The predicted molar refractivity (Wildman–Crippen MR) is 50.0 cm³/mol.